The Morgan fingerprint density at radius 1 is 0.812 bits per heavy atom. The van der Waals surface area contributed by atoms with Crippen molar-refractivity contribution in [1.82, 2.24) is 0 Å². The summed E-state index contributed by atoms with van der Waals surface area (Å²) in [6.45, 7) is 0. The monoisotopic (exact) mass is 224 g/mol. The number of carbonyl (C=O) groups excluding carboxylic acids is 3. The lowest BCUT2D eigenvalue weighted by Crippen LogP contribution is -2.19. The average molecular weight is 224 g/mol. The molecule has 6 unspecified atom stereocenters. The maximum Gasteiger partial charge on any atom is 0.317 e. The molecule has 0 aromatic rings. The molecule has 6 atom stereocenters. The second kappa shape index (κ2) is 2.29. The van der Waals surface area contributed by atoms with Crippen molar-refractivity contribution < 1.29 is 29.0 Å². The van der Waals surface area contributed by atoms with Crippen molar-refractivity contribution in [2.75, 3.05) is 0 Å². The molecule has 0 amide bonds. The van der Waals surface area contributed by atoms with Crippen molar-refractivity contribution in [3.63, 3.8) is 0 Å². The number of cyclic esters (lactones) is 3. The molecule has 0 bridgehead atoms. The maximum atomic E-state index is 11.3. The maximum absolute atomic E-state index is 11.3. The van der Waals surface area contributed by atoms with Crippen LogP contribution in [0, 0.1) is 35.5 Å². The molecule has 6 nitrogen and oxygen atoms in total. The molecule has 0 aromatic carbocycles. The molecule has 4 rings (SSSR count). The van der Waals surface area contributed by atoms with Gasteiger partial charge in [0.1, 0.15) is 0 Å². The van der Waals surface area contributed by atoms with Crippen LogP contribution in [-0.4, -0.2) is 29.3 Å². The van der Waals surface area contributed by atoms with Crippen molar-refractivity contribution in [2.24, 2.45) is 35.5 Å². The van der Waals surface area contributed by atoms with E-state index in [2.05, 4.69) is 9.47 Å². The van der Waals surface area contributed by atoms with Crippen molar-refractivity contribution in [1.29, 1.82) is 0 Å². The van der Waals surface area contributed by atoms with Crippen LogP contribution in [0.5, 0.6) is 0 Å². The smallest absolute Gasteiger partial charge is 0.317 e. The predicted molar refractivity (Wildman–Crippen MR) is 44.1 cm³/mol. The van der Waals surface area contributed by atoms with Crippen molar-refractivity contribution in [2.45, 2.75) is 6.29 Å². The van der Waals surface area contributed by atoms with Crippen LogP contribution in [0.2, 0.25) is 0 Å². The second-order valence-corrected chi connectivity index (χ2v) is 4.88. The van der Waals surface area contributed by atoms with E-state index >= 15 is 0 Å². The Labute approximate surface area is 89.5 Å². The van der Waals surface area contributed by atoms with Crippen LogP contribution >= 0.6 is 0 Å². The molecule has 16 heavy (non-hydrogen) atoms. The number of aliphatic hydroxyl groups is 1. The van der Waals surface area contributed by atoms with Gasteiger partial charge < -0.3 is 14.6 Å². The minimum absolute atomic E-state index is 0.0666. The summed E-state index contributed by atoms with van der Waals surface area (Å²) in [4.78, 5) is 33.7. The van der Waals surface area contributed by atoms with Crippen LogP contribution < -0.4 is 0 Å². The molecule has 0 aromatic heterocycles. The minimum atomic E-state index is -1.06. The molecular formula is C10H8O6. The quantitative estimate of drug-likeness (QED) is 0.438. The topological polar surface area (TPSA) is 89.9 Å². The summed E-state index contributed by atoms with van der Waals surface area (Å²) in [6.07, 6.45) is -1.06. The average Bonchev–Trinajstić information content (AvgIpc) is 3.04. The van der Waals surface area contributed by atoms with Crippen molar-refractivity contribution >= 4 is 17.9 Å². The molecular weight excluding hydrogens is 216 g/mol. The van der Waals surface area contributed by atoms with E-state index in [1.807, 2.05) is 0 Å². The Morgan fingerprint density at radius 2 is 1.44 bits per heavy atom. The van der Waals surface area contributed by atoms with Gasteiger partial charge in [0.05, 0.1) is 17.8 Å². The molecule has 4 aliphatic rings. The number of carbonyl (C=O) groups is 3. The zero-order valence-electron chi connectivity index (χ0n) is 8.03. The van der Waals surface area contributed by atoms with Crippen LogP contribution in [0.4, 0.5) is 0 Å². The first-order valence-corrected chi connectivity index (χ1v) is 5.25. The summed E-state index contributed by atoms with van der Waals surface area (Å²) < 4.78 is 9.07. The van der Waals surface area contributed by atoms with E-state index in [4.69, 9.17) is 0 Å². The number of rotatable bonds is 1. The molecule has 2 aliphatic carbocycles. The molecule has 6 heteroatoms. The fourth-order valence-electron chi connectivity index (χ4n) is 3.47. The second-order valence-electron chi connectivity index (χ2n) is 4.88. The molecule has 2 heterocycles. The molecule has 84 valence electrons. The third kappa shape index (κ3) is 0.776. The number of hydrogen-bond acceptors (Lipinski definition) is 6. The van der Waals surface area contributed by atoms with Gasteiger partial charge in [-0.05, 0) is 11.8 Å². The fourth-order valence-corrected chi connectivity index (χ4v) is 3.47. The lowest BCUT2D eigenvalue weighted by molar-refractivity contribution is -0.164. The Hall–Kier alpha value is -1.43. The highest BCUT2D eigenvalue weighted by Crippen LogP contribution is 2.69. The van der Waals surface area contributed by atoms with Gasteiger partial charge in [0.25, 0.3) is 0 Å². The van der Waals surface area contributed by atoms with Gasteiger partial charge >= 0.3 is 17.9 Å². The third-order valence-corrected chi connectivity index (χ3v) is 4.24. The van der Waals surface area contributed by atoms with Gasteiger partial charge in [-0.3, -0.25) is 14.4 Å². The summed E-state index contributed by atoms with van der Waals surface area (Å²) >= 11 is 0. The molecule has 1 N–H and O–H groups in total. The summed E-state index contributed by atoms with van der Waals surface area (Å²) in [5.74, 6) is -2.82. The van der Waals surface area contributed by atoms with E-state index in [1.54, 1.807) is 0 Å². The van der Waals surface area contributed by atoms with Gasteiger partial charge in [0.15, 0.2) is 0 Å². The normalized spacial score (nSPS) is 56.6. The lowest BCUT2D eigenvalue weighted by atomic mass is 10.1. The Kier molecular flexibility index (Phi) is 1.25. The van der Waals surface area contributed by atoms with Gasteiger partial charge in [0, 0.05) is 5.92 Å². The lowest BCUT2D eigenvalue weighted by Gasteiger charge is -2.09. The summed E-state index contributed by atoms with van der Waals surface area (Å²) in [7, 11) is 0. The van der Waals surface area contributed by atoms with Gasteiger partial charge in [-0.1, -0.05) is 0 Å². The molecule has 2 aliphatic heterocycles. The summed E-state index contributed by atoms with van der Waals surface area (Å²) in [5.41, 5.74) is 0. The molecule has 2 saturated heterocycles. The molecule has 2 saturated carbocycles. The van der Waals surface area contributed by atoms with Crippen LogP contribution in [0.1, 0.15) is 0 Å². The number of ether oxygens (including phenoxy) is 2. The van der Waals surface area contributed by atoms with Crippen molar-refractivity contribution in [3.8, 4) is 0 Å². The number of hydrogen-bond donors (Lipinski definition) is 1. The van der Waals surface area contributed by atoms with Crippen LogP contribution in [0.3, 0.4) is 0 Å². The number of esters is 3. The Morgan fingerprint density at radius 3 is 1.94 bits per heavy atom. The van der Waals surface area contributed by atoms with Gasteiger partial charge in [0.2, 0.25) is 6.29 Å². The molecule has 0 radical (unpaired) electrons. The van der Waals surface area contributed by atoms with Crippen LogP contribution in [0.15, 0.2) is 0 Å². The first-order chi connectivity index (χ1) is 7.61. The first-order valence-electron chi connectivity index (χ1n) is 5.25. The van der Waals surface area contributed by atoms with Gasteiger partial charge in [-0.2, -0.15) is 0 Å². The van der Waals surface area contributed by atoms with Crippen molar-refractivity contribution in [3.05, 3.63) is 0 Å². The SMILES string of the molecule is O=C1OC(=O)C2C1C2C1C2C(=O)OC(O)C21. The van der Waals surface area contributed by atoms with Gasteiger partial charge in [-0.15, -0.1) is 0 Å². The zero-order valence-corrected chi connectivity index (χ0v) is 8.03. The Balaban J connectivity index is 1.58. The molecule has 0 spiro atoms. The fraction of sp³-hybridized carbons (Fsp3) is 0.700. The first kappa shape index (κ1) is 8.69. The standard InChI is InChI=1S/C10H8O6/c11-7-3-1(4(3)8(12)15-7)2-5-6(2)10(14)16-9(5)13/h1-7,11H. The largest absolute Gasteiger partial charge is 0.435 e. The summed E-state index contributed by atoms with van der Waals surface area (Å²) in [6, 6.07) is 0. The Bertz CT molecular complexity index is 423. The van der Waals surface area contributed by atoms with E-state index in [-0.39, 0.29) is 35.5 Å². The van der Waals surface area contributed by atoms with E-state index < -0.39 is 24.2 Å². The predicted octanol–water partition coefficient (Wildman–Crippen LogP) is -1.33. The van der Waals surface area contributed by atoms with E-state index in [0.717, 1.165) is 0 Å². The zero-order chi connectivity index (χ0) is 11.2. The highest BCUT2D eigenvalue weighted by molar-refractivity contribution is 6.02. The highest BCUT2D eigenvalue weighted by atomic mass is 16.6. The third-order valence-electron chi connectivity index (χ3n) is 4.24. The van der Waals surface area contributed by atoms with Crippen LogP contribution in [-0.2, 0) is 23.9 Å². The highest BCUT2D eigenvalue weighted by Gasteiger charge is 2.79. The van der Waals surface area contributed by atoms with E-state index in [0.29, 0.717) is 0 Å². The minimum Gasteiger partial charge on any atom is -0.435 e. The summed E-state index contributed by atoms with van der Waals surface area (Å²) in [5, 5.41) is 9.41. The van der Waals surface area contributed by atoms with Crippen LogP contribution in [0.25, 0.3) is 0 Å². The van der Waals surface area contributed by atoms with Gasteiger partial charge in [-0.25, -0.2) is 0 Å². The molecule has 4 fully saturated rings. The number of fused-ring (bicyclic) bond motifs is 2. The van der Waals surface area contributed by atoms with E-state index in [9.17, 15) is 19.5 Å². The number of aliphatic hydroxyl groups excluding tert-OH is 1. The van der Waals surface area contributed by atoms with E-state index in [1.165, 1.54) is 0 Å².